The van der Waals surface area contributed by atoms with E-state index in [1.54, 1.807) is 0 Å². The van der Waals surface area contributed by atoms with Gasteiger partial charge in [0, 0.05) is 28.2 Å². The molecule has 0 aromatic heterocycles. The fourth-order valence-corrected chi connectivity index (χ4v) is 4.54. The zero-order valence-corrected chi connectivity index (χ0v) is 18.5. The number of hydrogen-bond donors (Lipinski definition) is 1. The van der Waals surface area contributed by atoms with Crippen molar-refractivity contribution in [3.8, 4) is 0 Å². The minimum atomic E-state index is 0.143. The Balaban J connectivity index is 1.98. The van der Waals surface area contributed by atoms with Crippen molar-refractivity contribution in [2.75, 3.05) is 18.0 Å². The van der Waals surface area contributed by atoms with Crippen LogP contribution in [0.25, 0.3) is 0 Å². The number of nitrogens with one attached hydrogen (secondary N) is 1. The summed E-state index contributed by atoms with van der Waals surface area (Å²) in [5.74, 6) is 0.143. The van der Waals surface area contributed by atoms with Gasteiger partial charge in [-0.3, -0.25) is 4.79 Å². The lowest BCUT2D eigenvalue weighted by atomic mass is 9.78. The number of fused-ring (bicyclic) bond motifs is 1. The largest absolute Gasteiger partial charge is 0.361 e. The lowest BCUT2D eigenvalue weighted by molar-refractivity contribution is -0.120. The monoisotopic (exact) mass is 422 g/mol. The van der Waals surface area contributed by atoms with E-state index in [0.29, 0.717) is 6.54 Å². The number of hydrogen-bond acceptors (Lipinski definition) is 2. The summed E-state index contributed by atoms with van der Waals surface area (Å²) in [6.07, 6.45) is 8.27. The Hall–Kier alpha value is -1.03. The Morgan fingerprint density at radius 1 is 1.23 bits per heavy atom. The lowest BCUT2D eigenvalue weighted by Crippen LogP contribution is -2.42. The fraction of sp³-hybridized carbons (Fsp3) is 0.682. The van der Waals surface area contributed by atoms with E-state index in [2.05, 4.69) is 72.0 Å². The van der Waals surface area contributed by atoms with Crippen LogP contribution in [0.15, 0.2) is 22.7 Å². The van der Waals surface area contributed by atoms with Crippen LogP contribution in [0, 0.1) is 0 Å². The Kier molecular flexibility index (Phi) is 8.00. The quantitative estimate of drug-likeness (QED) is 0.482. The topological polar surface area (TPSA) is 32.3 Å². The van der Waals surface area contributed by atoms with E-state index in [0.717, 1.165) is 30.3 Å². The Morgan fingerprint density at radius 3 is 2.62 bits per heavy atom. The minimum Gasteiger partial charge on any atom is -0.361 e. The van der Waals surface area contributed by atoms with Gasteiger partial charge in [-0.25, -0.2) is 0 Å². The molecule has 1 N–H and O–H groups in total. The van der Waals surface area contributed by atoms with Crippen LogP contribution >= 0.6 is 15.9 Å². The Bertz CT molecular complexity index is 598. The summed E-state index contributed by atoms with van der Waals surface area (Å²) in [7, 11) is 0. The predicted molar refractivity (Wildman–Crippen MR) is 115 cm³/mol. The number of unbranched alkanes of at least 4 members (excludes halogenated alkanes) is 3. The molecule has 0 radical (unpaired) electrons. The SMILES string of the molecule is CCCCCCC(C)NC(=O)CN1CC(CC)(CC)c2cc(Br)ccc21. The molecule has 1 aromatic carbocycles. The zero-order valence-electron chi connectivity index (χ0n) is 16.9. The molecule has 1 atom stereocenters. The molecule has 1 amide bonds. The lowest BCUT2D eigenvalue weighted by Gasteiger charge is -2.28. The standard InChI is InChI=1S/C22H35BrN2O/c1-5-8-9-10-11-17(4)24-21(26)15-25-16-22(6-2,7-3)19-14-18(23)12-13-20(19)25/h12-14,17H,5-11,15-16H2,1-4H3,(H,24,26). The average Bonchev–Trinajstić information content (AvgIpc) is 2.92. The van der Waals surface area contributed by atoms with Gasteiger partial charge in [0.25, 0.3) is 0 Å². The molecule has 1 unspecified atom stereocenters. The van der Waals surface area contributed by atoms with E-state index < -0.39 is 0 Å². The first-order valence-corrected chi connectivity index (χ1v) is 11.1. The van der Waals surface area contributed by atoms with Crippen LogP contribution in [0.5, 0.6) is 0 Å². The fourth-order valence-electron chi connectivity index (χ4n) is 4.18. The van der Waals surface area contributed by atoms with Crippen molar-refractivity contribution < 1.29 is 4.79 Å². The molecule has 0 fully saturated rings. The molecule has 146 valence electrons. The maximum absolute atomic E-state index is 12.6. The van der Waals surface area contributed by atoms with Crippen molar-refractivity contribution in [3.05, 3.63) is 28.2 Å². The van der Waals surface area contributed by atoms with E-state index in [-0.39, 0.29) is 17.4 Å². The van der Waals surface area contributed by atoms with Crippen LogP contribution < -0.4 is 10.2 Å². The number of benzene rings is 1. The number of rotatable bonds is 10. The Labute approximate surface area is 168 Å². The first-order valence-electron chi connectivity index (χ1n) is 10.3. The van der Waals surface area contributed by atoms with E-state index >= 15 is 0 Å². The van der Waals surface area contributed by atoms with Crippen molar-refractivity contribution in [1.82, 2.24) is 5.32 Å². The summed E-state index contributed by atoms with van der Waals surface area (Å²) in [6, 6.07) is 6.75. The number of nitrogens with zero attached hydrogens (tertiary/aromatic N) is 1. The van der Waals surface area contributed by atoms with Crippen LogP contribution in [-0.2, 0) is 10.2 Å². The van der Waals surface area contributed by atoms with Crippen LogP contribution in [0.1, 0.15) is 78.2 Å². The van der Waals surface area contributed by atoms with Gasteiger partial charge in [0.2, 0.25) is 5.91 Å². The van der Waals surface area contributed by atoms with Gasteiger partial charge in [-0.15, -0.1) is 0 Å². The zero-order chi connectivity index (χ0) is 19.2. The number of halogens is 1. The molecule has 1 aliphatic rings. The normalized spacial score (nSPS) is 16.4. The van der Waals surface area contributed by atoms with Crippen molar-refractivity contribution in [3.63, 3.8) is 0 Å². The Morgan fingerprint density at radius 2 is 1.96 bits per heavy atom. The molecule has 1 aromatic rings. The van der Waals surface area contributed by atoms with Gasteiger partial charge in [-0.1, -0.05) is 62.4 Å². The molecule has 1 heterocycles. The molecular weight excluding hydrogens is 388 g/mol. The predicted octanol–water partition coefficient (Wildman–Crippen LogP) is 5.80. The summed E-state index contributed by atoms with van der Waals surface area (Å²) in [6.45, 7) is 10.3. The molecule has 4 heteroatoms. The number of anilines is 1. The van der Waals surface area contributed by atoms with Crippen molar-refractivity contribution >= 4 is 27.5 Å². The third-order valence-electron chi connectivity index (χ3n) is 5.95. The van der Waals surface area contributed by atoms with Crippen LogP contribution in [0.3, 0.4) is 0 Å². The van der Waals surface area contributed by atoms with E-state index in [1.807, 2.05) is 0 Å². The third-order valence-corrected chi connectivity index (χ3v) is 6.44. The highest BCUT2D eigenvalue weighted by Crippen LogP contribution is 2.45. The highest BCUT2D eigenvalue weighted by molar-refractivity contribution is 9.10. The first-order chi connectivity index (χ1) is 12.5. The summed E-state index contributed by atoms with van der Waals surface area (Å²) < 4.78 is 1.12. The van der Waals surface area contributed by atoms with Gasteiger partial charge < -0.3 is 10.2 Å². The molecule has 26 heavy (non-hydrogen) atoms. The second-order valence-corrected chi connectivity index (χ2v) is 8.74. The van der Waals surface area contributed by atoms with Crippen molar-refractivity contribution in [2.24, 2.45) is 0 Å². The molecule has 3 nitrogen and oxygen atoms in total. The molecule has 0 bridgehead atoms. The number of carbonyl (C=O) groups excluding carboxylic acids is 1. The van der Waals surface area contributed by atoms with Gasteiger partial charge in [0.1, 0.15) is 0 Å². The molecule has 0 spiro atoms. The second-order valence-electron chi connectivity index (χ2n) is 7.82. The van der Waals surface area contributed by atoms with Gasteiger partial charge in [-0.05, 0) is 49.9 Å². The summed E-state index contributed by atoms with van der Waals surface area (Å²) in [5, 5.41) is 3.20. The third kappa shape index (κ3) is 5.03. The van der Waals surface area contributed by atoms with Crippen molar-refractivity contribution in [1.29, 1.82) is 0 Å². The van der Waals surface area contributed by atoms with Crippen molar-refractivity contribution in [2.45, 2.75) is 84.1 Å². The molecular formula is C22H35BrN2O. The average molecular weight is 423 g/mol. The second kappa shape index (κ2) is 9.77. The van der Waals surface area contributed by atoms with E-state index in [4.69, 9.17) is 0 Å². The van der Waals surface area contributed by atoms with Gasteiger partial charge in [0.05, 0.1) is 6.54 Å². The highest BCUT2D eigenvalue weighted by atomic mass is 79.9. The maximum atomic E-state index is 12.6. The molecule has 0 saturated heterocycles. The first kappa shape index (κ1) is 21.3. The molecule has 2 rings (SSSR count). The molecule has 0 aliphatic carbocycles. The van der Waals surface area contributed by atoms with E-state index in [9.17, 15) is 4.79 Å². The summed E-state index contributed by atoms with van der Waals surface area (Å²) >= 11 is 3.62. The van der Waals surface area contributed by atoms with Gasteiger partial charge >= 0.3 is 0 Å². The number of amides is 1. The smallest absolute Gasteiger partial charge is 0.239 e. The molecule has 0 saturated carbocycles. The maximum Gasteiger partial charge on any atom is 0.239 e. The van der Waals surface area contributed by atoms with Crippen LogP contribution in [0.2, 0.25) is 0 Å². The van der Waals surface area contributed by atoms with E-state index in [1.165, 1.54) is 36.9 Å². The molecule has 1 aliphatic heterocycles. The minimum absolute atomic E-state index is 0.143. The van der Waals surface area contributed by atoms with Crippen LogP contribution in [0.4, 0.5) is 5.69 Å². The van der Waals surface area contributed by atoms with Gasteiger partial charge in [0.15, 0.2) is 0 Å². The van der Waals surface area contributed by atoms with Crippen LogP contribution in [-0.4, -0.2) is 25.0 Å². The number of carbonyl (C=O) groups is 1. The summed E-state index contributed by atoms with van der Waals surface area (Å²) in [5.41, 5.74) is 2.77. The van der Waals surface area contributed by atoms with Gasteiger partial charge in [-0.2, -0.15) is 0 Å². The summed E-state index contributed by atoms with van der Waals surface area (Å²) in [4.78, 5) is 14.9. The highest BCUT2D eigenvalue weighted by Gasteiger charge is 2.40.